The molecule has 2 atom stereocenters. The Morgan fingerprint density at radius 3 is 2.80 bits per heavy atom. The van der Waals surface area contributed by atoms with Crippen LogP contribution < -0.4 is 0 Å². The molecule has 0 saturated carbocycles. The van der Waals surface area contributed by atoms with Crippen molar-refractivity contribution in [1.82, 2.24) is 0 Å². The third-order valence-corrected chi connectivity index (χ3v) is 3.41. The van der Waals surface area contributed by atoms with E-state index in [-0.39, 0.29) is 5.92 Å². The molecule has 1 N–H and O–H groups in total. The number of aliphatic carboxylic acids is 1. The molecular weight excluding hydrogens is 188 g/mol. The van der Waals surface area contributed by atoms with Crippen LogP contribution in [-0.4, -0.2) is 11.1 Å². The molecule has 80 valence electrons. The first-order valence-corrected chi connectivity index (χ1v) is 5.43. The summed E-state index contributed by atoms with van der Waals surface area (Å²) < 4.78 is 0. The van der Waals surface area contributed by atoms with Gasteiger partial charge in [-0.05, 0) is 42.4 Å². The summed E-state index contributed by atoms with van der Waals surface area (Å²) >= 11 is 0. The van der Waals surface area contributed by atoms with Crippen molar-refractivity contribution >= 4 is 5.97 Å². The van der Waals surface area contributed by atoms with E-state index < -0.39 is 5.97 Å². The summed E-state index contributed by atoms with van der Waals surface area (Å²) in [5, 5.41) is 9.16. The monoisotopic (exact) mass is 204 g/mol. The fraction of sp³-hybridized carbons (Fsp3) is 0.462. The molecule has 0 aliphatic heterocycles. The highest BCUT2D eigenvalue weighted by Gasteiger charge is 2.30. The second kappa shape index (κ2) is 3.69. The van der Waals surface area contributed by atoms with Gasteiger partial charge in [0.2, 0.25) is 0 Å². The fourth-order valence-corrected chi connectivity index (χ4v) is 2.65. The maximum atomic E-state index is 11.1. The van der Waals surface area contributed by atoms with Crippen LogP contribution in [0.1, 0.15) is 48.3 Å². The third-order valence-electron chi connectivity index (χ3n) is 3.41. The number of hydrogen-bond donors (Lipinski definition) is 1. The molecule has 0 bridgehead atoms. The average molecular weight is 204 g/mol. The molecule has 0 fully saturated rings. The quantitative estimate of drug-likeness (QED) is 0.763. The zero-order chi connectivity index (χ0) is 11.0. The van der Waals surface area contributed by atoms with E-state index in [0.29, 0.717) is 5.92 Å². The molecule has 0 saturated heterocycles. The molecule has 2 nitrogen and oxygen atoms in total. The summed E-state index contributed by atoms with van der Waals surface area (Å²) in [5.74, 6) is -0.485. The number of hydrogen-bond acceptors (Lipinski definition) is 1. The Bertz CT molecular complexity index is 396. The Labute approximate surface area is 89.9 Å². The number of carboxylic acids is 1. The molecule has 1 aliphatic rings. The van der Waals surface area contributed by atoms with Gasteiger partial charge in [-0.3, -0.25) is 4.79 Å². The lowest BCUT2D eigenvalue weighted by Gasteiger charge is -2.28. The van der Waals surface area contributed by atoms with Crippen molar-refractivity contribution in [3.05, 3.63) is 34.9 Å². The minimum Gasteiger partial charge on any atom is -0.481 e. The second-order valence-electron chi connectivity index (χ2n) is 4.45. The van der Waals surface area contributed by atoms with E-state index in [1.54, 1.807) is 0 Å². The molecule has 1 aromatic carbocycles. The molecule has 0 aromatic heterocycles. The normalized spacial score (nSPS) is 24.7. The van der Waals surface area contributed by atoms with Gasteiger partial charge in [0.25, 0.3) is 0 Å². The standard InChI is InChI=1S/C13H16O2/c1-8-4-3-5-10-11(13(14)15)7-6-9(2)12(8)10/h3-5,9,11H,6-7H2,1-2H3,(H,14,15). The highest BCUT2D eigenvalue weighted by Crippen LogP contribution is 2.40. The number of rotatable bonds is 1. The molecule has 0 radical (unpaired) electrons. The molecule has 0 heterocycles. The fourth-order valence-electron chi connectivity index (χ4n) is 2.65. The predicted octanol–water partition coefficient (Wildman–Crippen LogP) is 3.06. The molecule has 2 unspecified atom stereocenters. The summed E-state index contributed by atoms with van der Waals surface area (Å²) in [5.41, 5.74) is 3.52. The molecule has 15 heavy (non-hydrogen) atoms. The van der Waals surface area contributed by atoms with E-state index >= 15 is 0 Å². The lowest BCUT2D eigenvalue weighted by atomic mass is 9.76. The Kier molecular flexibility index (Phi) is 2.51. The molecule has 1 aliphatic carbocycles. The average Bonchev–Trinajstić information content (AvgIpc) is 2.17. The van der Waals surface area contributed by atoms with E-state index in [2.05, 4.69) is 19.9 Å². The molecule has 2 heteroatoms. The third kappa shape index (κ3) is 1.65. The zero-order valence-corrected chi connectivity index (χ0v) is 9.16. The Balaban J connectivity index is 2.55. The lowest BCUT2D eigenvalue weighted by molar-refractivity contribution is -0.139. The Morgan fingerprint density at radius 1 is 1.40 bits per heavy atom. The van der Waals surface area contributed by atoms with Crippen LogP contribution in [0.4, 0.5) is 0 Å². The largest absolute Gasteiger partial charge is 0.481 e. The summed E-state index contributed by atoms with van der Waals surface area (Å²) in [7, 11) is 0. The molecular formula is C13H16O2. The Morgan fingerprint density at radius 2 is 2.13 bits per heavy atom. The minimum atomic E-state index is -0.686. The van der Waals surface area contributed by atoms with E-state index in [0.717, 1.165) is 18.4 Å². The molecule has 0 spiro atoms. The van der Waals surface area contributed by atoms with Crippen LogP contribution in [0.3, 0.4) is 0 Å². The van der Waals surface area contributed by atoms with Crippen LogP contribution in [0, 0.1) is 6.92 Å². The van der Waals surface area contributed by atoms with Crippen molar-refractivity contribution in [3.63, 3.8) is 0 Å². The van der Waals surface area contributed by atoms with Gasteiger partial charge in [-0.1, -0.05) is 25.1 Å². The van der Waals surface area contributed by atoms with Gasteiger partial charge in [0.05, 0.1) is 5.92 Å². The maximum absolute atomic E-state index is 11.1. The summed E-state index contributed by atoms with van der Waals surface area (Å²) in [4.78, 5) is 11.1. The molecule has 1 aromatic rings. The molecule has 0 amide bonds. The van der Waals surface area contributed by atoms with Gasteiger partial charge in [-0.15, -0.1) is 0 Å². The van der Waals surface area contributed by atoms with Crippen molar-refractivity contribution < 1.29 is 9.90 Å². The number of fused-ring (bicyclic) bond motifs is 1. The van der Waals surface area contributed by atoms with Gasteiger partial charge in [0.15, 0.2) is 0 Å². The number of carbonyl (C=O) groups is 1. The summed E-state index contributed by atoms with van der Waals surface area (Å²) in [6.07, 6.45) is 1.75. The SMILES string of the molecule is Cc1cccc2c1C(C)CCC2C(=O)O. The molecule has 2 rings (SSSR count). The maximum Gasteiger partial charge on any atom is 0.310 e. The van der Waals surface area contributed by atoms with Crippen molar-refractivity contribution in [2.24, 2.45) is 0 Å². The van der Waals surface area contributed by atoms with Crippen LogP contribution in [0.25, 0.3) is 0 Å². The number of carboxylic acid groups (broad SMARTS) is 1. The van der Waals surface area contributed by atoms with Gasteiger partial charge >= 0.3 is 5.97 Å². The van der Waals surface area contributed by atoms with E-state index in [9.17, 15) is 4.79 Å². The van der Waals surface area contributed by atoms with Gasteiger partial charge in [-0.25, -0.2) is 0 Å². The minimum absolute atomic E-state index is 0.295. The predicted molar refractivity (Wildman–Crippen MR) is 59.2 cm³/mol. The van der Waals surface area contributed by atoms with Gasteiger partial charge < -0.3 is 5.11 Å². The highest BCUT2D eigenvalue weighted by molar-refractivity contribution is 5.77. The van der Waals surface area contributed by atoms with Crippen LogP contribution in [0.5, 0.6) is 0 Å². The first-order valence-electron chi connectivity index (χ1n) is 5.43. The van der Waals surface area contributed by atoms with Gasteiger partial charge in [0.1, 0.15) is 0 Å². The van der Waals surface area contributed by atoms with Crippen LogP contribution >= 0.6 is 0 Å². The van der Waals surface area contributed by atoms with E-state index in [4.69, 9.17) is 5.11 Å². The van der Waals surface area contributed by atoms with E-state index in [1.165, 1.54) is 11.1 Å². The van der Waals surface area contributed by atoms with Crippen molar-refractivity contribution in [1.29, 1.82) is 0 Å². The Hall–Kier alpha value is -1.31. The second-order valence-corrected chi connectivity index (χ2v) is 4.45. The number of aryl methyl sites for hydroxylation is 1. The summed E-state index contributed by atoms with van der Waals surface area (Å²) in [6, 6.07) is 6.00. The van der Waals surface area contributed by atoms with Crippen molar-refractivity contribution in [2.45, 2.75) is 38.5 Å². The lowest BCUT2D eigenvalue weighted by Crippen LogP contribution is -2.20. The smallest absolute Gasteiger partial charge is 0.310 e. The topological polar surface area (TPSA) is 37.3 Å². The number of benzene rings is 1. The van der Waals surface area contributed by atoms with Crippen molar-refractivity contribution in [2.75, 3.05) is 0 Å². The van der Waals surface area contributed by atoms with Gasteiger partial charge in [0, 0.05) is 0 Å². The zero-order valence-electron chi connectivity index (χ0n) is 9.16. The van der Waals surface area contributed by atoms with E-state index in [1.807, 2.05) is 12.1 Å². The van der Waals surface area contributed by atoms with Crippen LogP contribution in [0.15, 0.2) is 18.2 Å². The summed E-state index contributed by atoms with van der Waals surface area (Å²) in [6.45, 7) is 4.25. The van der Waals surface area contributed by atoms with Gasteiger partial charge in [-0.2, -0.15) is 0 Å². The van der Waals surface area contributed by atoms with Crippen LogP contribution in [0.2, 0.25) is 0 Å². The highest BCUT2D eigenvalue weighted by atomic mass is 16.4. The first-order chi connectivity index (χ1) is 7.11. The van der Waals surface area contributed by atoms with Crippen LogP contribution in [-0.2, 0) is 4.79 Å². The van der Waals surface area contributed by atoms with Crippen molar-refractivity contribution in [3.8, 4) is 0 Å². The first kappa shape index (κ1) is 10.2.